The number of ether oxygens (including phenoxy) is 6. The van der Waals surface area contributed by atoms with Crippen LogP contribution in [0.5, 0.6) is 0 Å². The van der Waals surface area contributed by atoms with Gasteiger partial charge in [-0.3, -0.25) is 4.79 Å². The summed E-state index contributed by atoms with van der Waals surface area (Å²) in [7, 11) is 2.57. The van der Waals surface area contributed by atoms with Crippen molar-refractivity contribution in [1.82, 2.24) is 0 Å². The molecule has 0 amide bonds. The molecule has 0 unspecified atom stereocenters. The van der Waals surface area contributed by atoms with E-state index in [4.69, 9.17) is 28.4 Å². The van der Waals surface area contributed by atoms with E-state index in [0.717, 1.165) is 52.1 Å². The van der Waals surface area contributed by atoms with E-state index in [2.05, 4.69) is 40.7 Å². The highest BCUT2D eigenvalue weighted by Gasteiger charge is 2.71. The molecule has 0 spiro atoms. The lowest BCUT2D eigenvalue weighted by Gasteiger charge is -2.71. The number of fused-ring (bicyclic) bond motifs is 7. The summed E-state index contributed by atoms with van der Waals surface area (Å²) in [6.07, 6.45) is -10.7. The number of rotatable bonds is 8. The Bertz CT molecular complexity index is 1650. The molecule has 5 aliphatic carbocycles. The number of aliphatic hydroxyl groups excluding tert-OH is 8. The van der Waals surface area contributed by atoms with Crippen molar-refractivity contribution in [1.29, 1.82) is 0 Å². The smallest absolute Gasteiger partial charge is 0.337 e. The number of carbonyl (C=O) groups excluding carboxylic acids is 2. The highest BCUT2D eigenvalue weighted by molar-refractivity contribution is 5.78. The molecule has 0 aromatic heterocycles. The zero-order valence-corrected chi connectivity index (χ0v) is 36.4. The van der Waals surface area contributed by atoms with Crippen LogP contribution in [0.2, 0.25) is 0 Å². The van der Waals surface area contributed by atoms with Crippen LogP contribution < -0.4 is 0 Å². The minimum absolute atomic E-state index is 0.0708. The van der Waals surface area contributed by atoms with Gasteiger partial charge in [0.05, 0.1) is 45.1 Å². The van der Waals surface area contributed by atoms with Crippen molar-refractivity contribution in [2.75, 3.05) is 27.4 Å². The maximum Gasteiger partial charge on any atom is 0.337 e. The summed E-state index contributed by atoms with van der Waals surface area (Å²) in [6, 6.07) is 0. The quantitative estimate of drug-likeness (QED) is 0.0967. The van der Waals surface area contributed by atoms with Gasteiger partial charge < -0.3 is 69.3 Å². The molecule has 16 heteroatoms. The lowest BCUT2D eigenvalue weighted by molar-refractivity contribution is -0.369. The lowest BCUT2D eigenvalue weighted by Crippen LogP contribution is -2.70. The molecule has 8 N–H and O–H groups in total. The predicted molar refractivity (Wildman–Crippen MR) is 210 cm³/mol. The van der Waals surface area contributed by atoms with Crippen LogP contribution in [-0.2, 0) is 38.0 Å². The third kappa shape index (κ3) is 6.76. The van der Waals surface area contributed by atoms with Gasteiger partial charge in [0.15, 0.2) is 18.7 Å². The van der Waals surface area contributed by atoms with Crippen LogP contribution in [0.3, 0.4) is 0 Å². The van der Waals surface area contributed by atoms with Crippen molar-refractivity contribution in [2.45, 2.75) is 173 Å². The number of esters is 2. The van der Waals surface area contributed by atoms with Crippen LogP contribution in [0.15, 0.2) is 11.6 Å². The van der Waals surface area contributed by atoms with Crippen molar-refractivity contribution in [3.63, 3.8) is 0 Å². The second-order valence-electron chi connectivity index (χ2n) is 21.1. The summed E-state index contributed by atoms with van der Waals surface area (Å²) in [5.74, 6) is -1.15. The zero-order chi connectivity index (χ0) is 44.1. The molecule has 7 aliphatic rings. The van der Waals surface area contributed by atoms with Crippen LogP contribution in [-0.4, -0.2) is 154 Å². The Balaban J connectivity index is 1.15. The molecule has 0 radical (unpaired) electrons. The molecule has 20 atom stereocenters. The summed E-state index contributed by atoms with van der Waals surface area (Å²) in [5, 5.41) is 87.3. The van der Waals surface area contributed by atoms with E-state index in [1.165, 1.54) is 12.7 Å². The van der Waals surface area contributed by atoms with Crippen molar-refractivity contribution in [3.05, 3.63) is 11.6 Å². The highest BCUT2D eigenvalue weighted by Crippen LogP contribution is 2.76. The molecule has 4 saturated carbocycles. The number of allylic oxidation sites excluding steroid dienone is 2. The van der Waals surface area contributed by atoms with Gasteiger partial charge in [0, 0.05) is 5.41 Å². The third-order valence-electron chi connectivity index (χ3n) is 17.7. The Hall–Kier alpha value is -1.80. The standard InChI is InChI=1S/C44H70O16/c1-39(2)13-15-44(38(54)56-8)16-14-42(5)21(22(44)17-39)9-10-26-40(3)18-23(47)34(41(4,20-46)25(40)11-12-43(26,42)6)60-37-31(52)29(50)32(33(59-37)35(53)55-7)58-36-30(51)28(49)27(48)24(19-45)57-36/h9,22-34,36-37,45-52H,10-20H2,1-8H3/t22-,23-,24+,25+,26+,27-,28-,29+,30+,31+,32-,33-,34-,36-,37-,40-,41-,42+,43+,44-/m0/s1. The number of hydrogen-bond acceptors (Lipinski definition) is 16. The van der Waals surface area contributed by atoms with E-state index in [1.54, 1.807) is 0 Å². The zero-order valence-electron chi connectivity index (χ0n) is 36.4. The van der Waals surface area contributed by atoms with Crippen molar-refractivity contribution in [2.24, 2.45) is 50.2 Å². The van der Waals surface area contributed by atoms with Gasteiger partial charge in [-0.05, 0) is 97.2 Å². The van der Waals surface area contributed by atoms with Crippen molar-refractivity contribution < 1.29 is 78.9 Å². The largest absolute Gasteiger partial charge is 0.469 e. The molecule has 2 aliphatic heterocycles. The Labute approximate surface area is 352 Å². The van der Waals surface area contributed by atoms with Gasteiger partial charge in [0.2, 0.25) is 0 Å². The minimum Gasteiger partial charge on any atom is -0.469 e. The Morgan fingerprint density at radius 3 is 2.03 bits per heavy atom. The van der Waals surface area contributed by atoms with Gasteiger partial charge >= 0.3 is 11.9 Å². The van der Waals surface area contributed by atoms with Crippen molar-refractivity contribution in [3.8, 4) is 0 Å². The fourth-order valence-corrected chi connectivity index (χ4v) is 14.1. The van der Waals surface area contributed by atoms with E-state index in [1.807, 2.05) is 6.92 Å². The first-order chi connectivity index (χ1) is 28.0. The van der Waals surface area contributed by atoms with E-state index in [-0.39, 0.29) is 46.6 Å². The average Bonchev–Trinajstić information content (AvgIpc) is 3.21. The third-order valence-corrected chi connectivity index (χ3v) is 17.7. The van der Waals surface area contributed by atoms with E-state index >= 15 is 0 Å². The first kappa shape index (κ1) is 46.2. The van der Waals surface area contributed by atoms with Gasteiger partial charge in [0.25, 0.3) is 0 Å². The van der Waals surface area contributed by atoms with Crippen LogP contribution in [0.4, 0.5) is 0 Å². The molecule has 7 rings (SSSR count). The van der Waals surface area contributed by atoms with E-state index in [0.29, 0.717) is 12.8 Å². The molecule has 342 valence electrons. The predicted octanol–water partition coefficient (Wildman–Crippen LogP) is 1.09. The molecule has 0 aromatic rings. The Morgan fingerprint density at radius 2 is 1.40 bits per heavy atom. The summed E-state index contributed by atoms with van der Waals surface area (Å²) in [4.78, 5) is 26.8. The second kappa shape index (κ2) is 16.0. The molecular formula is C44H70O16. The van der Waals surface area contributed by atoms with Gasteiger partial charge in [-0.25, -0.2) is 4.79 Å². The van der Waals surface area contributed by atoms with Gasteiger partial charge in [-0.2, -0.15) is 0 Å². The first-order valence-electron chi connectivity index (χ1n) is 21.8. The fraction of sp³-hybridized carbons (Fsp3) is 0.909. The normalized spacial score (nSPS) is 52.4. The van der Waals surface area contributed by atoms with E-state index in [9.17, 15) is 50.4 Å². The fourth-order valence-electron chi connectivity index (χ4n) is 14.1. The molecule has 60 heavy (non-hydrogen) atoms. The number of aliphatic hydroxyl groups is 8. The topological polar surface area (TPSA) is 251 Å². The van der Waals surface area contributed by atoms with Crippen LogP contribution >= 0.6 is 0 Å². The maximum atomic E-state index is 13.7. The summed E-state index contributed by atoms with van der Waals surface area (Å²) in [5.41, 5.74) is -1.09. The molecule has 16 nitrogen and oxygen atoms in total. The highest BCUT2D eigenvalue weighted by atomic mass is 16.7. The number of hydrogen-bond donors (Lipinski definition) is 8. The van der Waals surface area contributed by atoms with Gasteiger partial charge in [-0.15, -0.1) is 0 Å². The summed E-state index contributed by atoms with van der Waals surface area (Å²) >= 11 is 0. The summed E-state index contributed by atoms with van der Waals surface area (Å²) in [6.45, 7) is 12.3. The van der Waals surface area contributed by atoms with Gasteiger partial charge in [0.1, 0.15) is 42.7 Å². The number of methoxy groups -OCH3 is 2. The second-order valence-corrected chi connectivity index (χ2v) is 21.1. The van der Waals surface area contributed by atoms with Crippen LogP contribution in [0, 0.1) is 50.2 Å². The molecular weight excluding hydrogens is 784 g/mol. The van der Waals surface area contributed by atoms with Crippen molar-refractivity contribution >= 4 is 11.9 Å². The monoisotopic (exact) mass is 854 g/mol. The van der Waals surface area contributed by atoms with E-state index < -0.39 is 102 Å². The Morgan fingerprint density at radius 1 is 0.750 bits per heavy atom. The minimum atomic E-state index is -1.94. The van der Waals surface area contributed by atoms with Crippen LogP contribution in [0.25, 0.3) is 0 Å². The van der Waals surface area contributed by atoms with Gasteiger partial charge in [-0.1, -0.05) is 53.2 Å². The molecule has 2 heterocycles. The SMILES string of the molecule is COC(=O)[C@H]1O[C@@H](O[C@H]2[C@@H](O)C[C@@]3(C)[C@@H](CC[C@]4(C)[C@@H]3CC=C3[C@@H]5CC(C)(C)CC[C@]5(C(=O)OC)CC[C@]34C)[C@]2(C)CO)[C@H](O)[C@@H](O)[C@@H]1O[C@@H]1O[C@H](CO)[C@H](O)[C@H](O)[C@H]1O. The number of carbonyl (C=O) groups is 2. The van der Waals surface area contributed by atoms with Crippen LogP contribution in [0.1, 0.15) is 99.3 Å². The Kier molecular flexibility index (Phi) is 12.3. The first-order valence-corrected chi connectivity index (χ1v) is 21.8. The molecule has 0 bridgehead atoms. The molecule has 0 aromatic carbocycles. The average molecular weight is 855 g/mol. The maximum absolute atomic E-state index is 13.7. The molecule has 6 fully saturated rings. The lowest BCUT2D eigenvalue weighted by atomic mass is 9.33. The molecule has 2 saturated heterocycles. The summed E-state index contributed by atoms with van der Waals surface area (Å²) < 4.78 is 34.0.